The summed E-state index contributed by atoms with van der Waals surface area (Å²) in [6.45, 7) is 2.56. The molecule has 0 aromatic heterocycles. The first-order valence-electron chi connectivity index (χ1n) is 6.48. The third-order valence-electron chi connectivity index (χ3n) is 3.67. The summed E-state index contributed by atoms with van der Waals surface area (Å²) < 4.78 is 46.8. The van der Waals surface area contributed by atoms with E-state index in [1.165, 1.54) is 0 Å². The van der Waals surface area contributed by atoms with E-state index in [-0.39, 0.29) is 11.4 Å². The van der Waals surface area contributed by atoms with Crippen molar-refractivity contribution < 1.29 is 22.7 Å². The molecule has 1 atom stereocenters. The van der Waals surface area contributed by atoms with E-state index in [1.807, 2.05) is 0 Å². The fourth-order valence-corrected chi connectivity index (χ4v) is 2.12. The molecule has 0 spiro atoms. The summed E-state index contributed by atoms with van der Waals surface area (Å²) in [4.78, 5) is 15.0. The van der Waals surface area contributed by atoms with E-state index >= 15 is 0 Å². The van der Waals surface area contributed by atoms with Crippen LogP contribution in [0, 0.1) is 5.82 Å². The van der Waals surface area contributed by atoms with Crippen molar-refractivity contribution >= 4 is 11.7 Å². The van der Waals surface area contributed by atoms with Gasteiger partial charge in [0.1, 0.15) is 17.3 Å². The lowest BCUT2D eigenvalue weighted by Gasteiger charge is -2.40. The van der Waals surface area contributed by atoms with Crippen LogP contribution in [0.1, 0.15) is 29.8 Å². The highest BCUT2D eigenvalue weighted by atomic mass is 19.3. The maximum atomic E-state index is 14.1. The molecule has 0 saturated carbocycles. The van der Waals surface area contributed by atoms with Crippen LogP contribution >= 0.6 is 0 Å². The Morgan fingerprint density at radius 2 is 2.05 bits per heavy atom. The van der Waals surface area contributed by atoms with Crippen molar-refractivity contribution in [2.75, 3.05) is 6.61 Å². The van der Waals surface area contributed by atoms with Crippen molar-refractivity contribution in [2.24, 2.45) is 16.5 Å². The average Bonchev–Trinajstić information content (AvgIpc) is 2.42. The van der Waals surface area contributed by atoms with Crippen molar-refractivity contribution in [3.05, 3.63) is 35.1 Å². The number of halogens is 3. The number of benzene rings is 1. The van der Waals surface area contributed by atoms with Gasteiger partial charge in [-0.1, -0.05) is 0 Å². The molecule has 0 fully saturated rings. The van der Waals surface area contributed by atoms with Gasteiger partial charge in [0.15, 0.2) is 5.54 Å². The summed E-state index contributed by atoms with van der Waals surface area (Å²) in [6.07, 6.45) is -3.08. The lowest BCUT2D eigenvalue weighted by Crippen LogP contribution is -2.53. The van der Waals surface area contributed by atoms with Crippen molar-refractivity contribution in [2.45, 2.75) is 31.4 Å². The Bertz CT molecular complexity index is 646. The van der Waals surface area contributed by atoms with E-state index < -0.39 is 41.5 Å². The van der Waals surface area contributed by atoms with Gasteiger partial charge >= 0.3 is 0 Å². The number of aliphatic imine (C=N–C) groups is 1. The SMILES string of the molecule is CC1(C)OCC(c2cc(C(N)=O)ccc2F)(C(F)F)N=C1N. The number of nitrogens with zero attached hydrogens (tertiary/aromatic N) is 1. The standard InChI is InChI=1S/C14H16F3N3O2/c1-13(2)12(19)20-14(6-22-13,11(16)17)8-5-7(10(18)21)3-4-9(8)15/h3-5,11H,6H2,1-2H3,(H2,18,21)(H2,19,20). The molecular weight excluding hydrogens is 299 g/mol. The summed E-state index contributed by atoms with van der Waals surface area (Å²) in [5, 5.41) is 0. The molecule has 1 aromatic rings. The summed E-state index contributed by atoms with van der Waals surface area (Å²) in [5.41, 5.74) is 6.88. The number of carbonyl (C=O) groups is 1. The summed E-state index contributed by atoms with van der Waals surface area (Å²) in [6, 6.07) is 2.97. The second kappa shape index (κ2) is 5.28. The zero-order valence-electron chi connectivity index (χ0n) is 12.1. The lowest BCUT2D eigenvalue weighted by atomic mass is 9.87. The first-order chi connectivity index (χ1) is 10.1. The van der Waals surface area contributed by atoms with Gasteiger partial charge in [-0.15, -0.1) is 0 Å². The highest BCUT2D eigenvalue weighted by molar-refractivity contribution is 5.93. The highest BCUT2D eigenvalue weighted by Gasteiger charge is 2.49. The zero-order chi connectivity index (χ0) is 16.7. The first-order valence-corrected chi connectivity index (χ1v) is 6.48. The Morgan fingerprint density at radius 1 is 1.41 bits per heavy atom. The minimum atomic E-state index is -3.08. The number of amides is 1. The van der Waals surface area contributed by atoms with Gasteiger partial charge in [0.25, 0.3) is 6.43 Å². The van der Waals surface area contributed by atoms with Crippen LogP contribution in [0.25, 0.3) is 0 Å². The van der Waals surface area contributed by atoms with Crippen molar-refractivity contribution in [3.8, 4) is 0 Å². The maximum absolute atomic E-state index is 14.1. The molecule has 1 aliphatic rings. The highest BCUT2D eigenvalue weighted by Crippen LogP contribution is 2.39. The van der Waals surface area contributed by atoms with Gasteiger partial charge < -0.3 is 16.2 Å². The monoisotopic (exact) mass is 315 g/mol. The zero-order valence-corrected chi connectivity index (χ0v) is 12.1. The normalized spacial score (nSPS) is 24.2. The summed E-state index contributed by atoms with van der Waals surface area (Å²) in [7, 11) is 0. The second-order valence-electron chi connectivity index (χ2n) is 5.58. The molecule has 0 saturated heterocycles. The van der Waals surface area contributed by atoms with Crippen LogP contribution in [0.5, 0.6) is 0 Å². The number of carbonyl (C=O) groups excluding carboxylic acids is 1. The Kier molecular flexibility index (Phi) is 3.90. The van der Waals surface area contributed by atoms with E-state index in [0.717, 1.165) is 18.2 Å². The molecule has 2 rings (SSSR count). The smallest absolute Gasteiger partial charge is 0.269 e. The minimum Gasteiger partial charge on any atom is -0.385 e. The Morgan fingerprint density at radius 3 is 2.55 bits per heavy atom. The van der Waals surface area contributed by atoms with E-state index in [2.05, 4.69) is 4.99 Å². The maximum Gasteiger partial charge on any atom is 0.269 e. The van der Waals surface area contributed by atoms with Gasteiger partial charge in [0.05, 0.1) is 6.61 Å². The first kappa shape index (κ1) is 16.3. The average molecular weight is 315 g/mol. The number of rotatable bonds is 3. The molecule has 1 amide bonds. The predicted molar refractivity (Wildman–Crippen MR) is 74.3 cm³/mol. The van der Waals surface area contributed by atoms with Crippen LogP contribution in [0.2, 0.25) is 0 Å². The number of hydrogen-bond acceptors (Lipinski definition) is 4. The Hall–Kier alpha value is -2.09. The number of nitrogens with two attached hydrogens (primary N) is 2. The molecule has 0 bridgehead atoms. The molecule has 8 heteroatoms. The Balaban J connectivity index is 2.67. The number of alkyl halides is 2. The van der Waals surface area contributed by atoms with E-state index in [1.54, 1.807) is 13.8 Å². The van der Waals surface area contributed by atoms with Crippen LogP contribution in [-0.2, 0) is 10.3 Å². The third-order valence-corrected chi connectivity index (χ3v) is 3.67. The van der Waals surface area contributed by atoms with Crippen molar-refractivity contribution in [1.82, 2.24) is 0 Å². The van der Waals surface area contributed by atoms with Crippen LogP contribution in [0.4, 0.5) is 13.2 Å². The molecular formula is C14H16F3N3O2. The fourth-order valence-electron chi connectivity index (χ4n) is 2.12. The lowest BCUT2D eigenvalue weighted by molar-refractivity contribution is -0.0662. The fraction of sp³-hybridized carbons (Fsp3) is 0.429. The molecule has 4 N–H and O–H groups in total. The minimum absolute atomic E-state index is 0.102. The molecule has 1 aliphatic heterocycles. The van der Waals surface area contributed by atoms with Crippen LogP contribution < -0.4 is 11.5 Å². The number of hydrogen-bond donors (Lipinski definition) is 2. The molecule has 1 heterocycles. The number of amidine groups is 1. The summed E-state index contributed by atoms with van der Waals surface area (Å²) in [5.74, 6) is -1.98. The van der Waals surface area contributed by atoms with Crippen LogP contribution in [-0.4, -0.2) is 30.4 Å². The van der Waals surface area contributed by atoms with Gasteiger partial charge in [0, 0.05) is 11.1 Å². The van der Waals surface area contributed by atoms with E-state index in [9.17, 15) is 18.0 Å². The molecule has 5 nitrogen and oxygen atoms in total. The van der Waals surface area contributed by atoms with Crippen LogP contribution in [0.15, 0.2) is 23.2 Å². The molecule has 120 valence electrons. The quantitative estimate of drug-likeness (QED) is 0.886. The van der Waals surface area contributed by atoms with Gasteiger partial charge in [-0.3, -0.25) is 4.79 Å². The predicted octanol–water partition coefficient (Wildman–Crippen LogP) is 1.55. The second-order valence-corrected chi connectivity index (χ2v) is 5.58. The third kappa shape index (κ3) is 2.54. The van der Waals surface area contributed by atoms with Crippen molar-refractivity contribution in [1.29, 1.82) is 0 Å². The van der Waals surface area contributed by atoms with Crippen molar-refractivity contribution in [3.63, 3.8) is 0 Å². The van der Waals surface area contributed by atoms with Gasteiger partial charge in [-0.05, 0) is 32.0 Å². The Labute approximate surface area is 125 Å². The van der Waals surface area contributed by atoms with Gasteiger partial charge in [0.2, 0.25) is 5.91 Å². The molecule has 0 radical (unpaired) electrons. The largest absolute Gasteiger partial charge is 0.385 e. The van der Waals surface area contributed by atoms with Crippen LogP contribution in [0.3, 0.4) is 0 Å². The topological polar surface area (TPSA) is 90.7 Å². The summed E-state index contributed by atoms with van der Waals surface area (Å²) >= 11 is 0. The molecule has 0 aliphatic carbocycles. The number of primary amides is 1. The molecule has 22 heavy (non-hydrogen) atoms. The van der Waals surface area contributed by atoms with E-state index in [4.69, 9.17) is 16.2 Å². The molecule has 1 aromatic carbocycles. The number of ether oxygens (including phenoxy) is 1. The molecule has 1 unspecified atom stereocenters. The van der Waals surface area contributed by atoms with Gasteiger partial charge in [-0.2, -0.15) is 0 Å². The van der Waals surface area contributed by atoms with E-state index in [0.29, 0.717) is 0 Å². The van der Waals surface area contributed by atoms with Gasteiger partial charge in [-0.25, -0.2) is 18.2 Å².